The molecule has 98 valence electrons. The Morgan fingerprint density at radius 3 is 2.53 bits per heavy atom. The van der Waals surface area contributed by atoms with Gasteiger partial charge < -0.3 is 10.1 Å². The molecule has 0 rings (SSSR count). The summed E-state index contributed by atoms with van der Waals surface area (Å²) in [5, 5.41) is 3.02. The lowest BCUT2D eigenvalue weighted by Gasteiger charge is -2.15. The lowest BCUT2D eigenvalue weighted by atomic mass is 10.3. The molecular weight excluding hydrogens is 310 g/mol. The van der Waals surface area contributed by atoms with Gasteiger partial charge in [0.1, 0.15) is 6.04 Å². The number of rotatable bonds is 7. The molecule has 5 nitrogen and oxygen atoms in total. The van der Waals surface area contributed by atoms with Gasteiger partial charge in [0.2, 0.25) is 5.91 Å². The van der Waals surface area contributed by atoms with Crippen molar-refractivity contribution in [3.05, 3.63) is 0 Å². The number of carbonyl (C=O) groups is 3. The Balaban J connectivity index is 4.23. The fraction of sp³-hybridized carbons (Fsp3) is 0.700. The van der Waals surface area contributed by atoms with E-state index in [4.69, 9.17) is 4.74 Å². The van der Waals surface area contributed by atoms with E-state index in [0.29, 0.717) is 11.8 Å². The van der Waals surface area contributed by atoms with Gasteiger partial charge in [0.15, 0.2) is 5.12 Å². The summed E-state index contributed by atoms with van der Waals surface area (Å²) in [7, 11) is 0. The van der Waals surface area contributed by atoms with Crippen LogP contribution in [-0.2, 0) is 19.1 Å². The van der Waals surface area contributed by atoms with Crippen LogP contribution in [0.3, 0.4) is 0 Å². The van der Waals surface area contributed by atoms with E-state index in [1.165, 1.54) is 6.92 Å². The summed E-state index contributed by atoms with van der Waals surface area (Å²) in [4.78, 5) is 33.7. The zero-order valence-corrected chi connectivity index (χ0v) is 12.2. The van der Waals surface area contributed by atoms with Crippen LogP contribution in [0.25, 0.3) is 0 Å². The molecule has 0 saturated carbocycles. The Morgan fingerprint density at radius 2 is 2.06 bits per heavy atom. The number of carbonyl (C=O) groups excluding carboxylic acids is 3. The molecule has 1 N–H and O–H groups in total. The van der Waals surface area contributed by atoms with Crippen molar-refractivity contribution in [3.8, 4) is 0 Å². The topological polar surface area (TPSA) is 72.5 Å². The minimum atomic E-state index is -0.767. The Kier molecular flexibility index (Phi) is 9.16. The van der Waals surface area contributed by atoms with Gasteiger partial charge in [0.05, 0.1) is 6.61 Å². The van der Waals surface area contributed by atoms with Crippen LogP contribution in [-0.4, -0.2) is 40.7 Å². The van der Waals surface area contributed by atoms with Crippen LogP contribution >= 0.6 is 27.7 Å². The average Bonchev–Trinajstić information content (AvgIpc) is 2.24. The van der Waals surface area contributed by atoms with Crippen LogP contribution < -0.4 is 5.32 Å². The van der Waals surface area contributed by atoms with Gasteiger partial charge in [-0.2, -0.15) is 0 Å². The molecule has 0 aromatic heterocycles. The van der Waals surface area contributed by atoms with Crippen molar-refractivity contribution in [2.75, 3.05) is 17.7 Å². The first kappa shape index (κ1) is 16.4. The lowest BCUT2D eigenvalue weighted by molar-refractivity contribution is -0.146. The van der Waals surface area contributed by atoms with Gasteiger partial charge in [-0.25, -0.2) is 4.79 Å². The van der Waals surface area contributed by atoms with E-state index in [1.807, 2.05) is 0 Å². The molecule has 0 aliphatic heterocycles. The third-order valence-corrected chi connectivity index (χ3v) is 3.08. The first-order chi connectivity index (χ1) is 8.01. The molecule has 1 amide bonds. The van der Waals surface area contributed by atoms with Gasteiger partial charge in [-0.15, -0.1) is 0 Å². The van der Waals surface area contributed by atoms with Crippen molar-refractivity contribution in [1.82, 2.24) is 5.32 Å². The SMILES string of the molecule is CCOC(=O)C(CSC(=O)CCBr)NC(C)=O. The molecule has 7 heteroatoms. The number of ether oxygens (including phenoxy) is 1. The highest BCUT2D eigenvalue weighted by Gasteiger charge is 2.21. The second-order valence-corrected chi connectivity index (χ2v) is 5.00. The van der Waals surface area contributed by atoms with E-state index in [9.17, 15) is 14.4 Å². The summed E-state index contributed by atoms with van der Waals surface area (Å²) in [6.07, 6.45) is 0.389. The van der Waals surface area contributed by atoms with Crippen LogP contribution in [0.15, 0.2) is 0 Å². The highest BCUT2D eigenvalue weighted by Crippen LogP contribution is 2.09. The van der Waals surface area contributed by atoms with Crippen LogP contribution in [0.1, 0.15) is 20.3 Å². The van der Waals surface area contributed by atoms with Crippen LogP contribution in [0.2, 0.25) is 0 Å². The maximum absolute atomic E-state index is 11.5. The first-order valence-electron chi connectivity index (χ1n) is 5.16. The van der Waals surface area contributed by atoms with Crippen molar-refractivity contribution in [2.45, 2.75) is 26.3 Å². The Hall–Kier alpha value is -0.560. The molecule has 0 aliphatic rings. The second-order valence-electron chi connectivity index (χ2n) is 3.13. The van der Waals surface area contributed by atoms with Crippen LogP contribution in [0.5, 0.6) is 0 Å². The summed E-state index contributed by atoms with van der Waals surface area (Å²) in [5.41, 5.74) is 0. The van der Waals surface area contributed by atoms with E-state index in [1.54, 1.807) is 6.92 Å². The minimum Gasteiger partial charge on any atom is -0.464 e. The monoisotopic (exact) mass is 325 g/mol. The van der Waals surface area contributed by atoms with Gasteiger partial charge in [-0.05, 0) is 6.92 Å². The third-order valence-electron chi connectivity index (χ3n) is 1.66. The number of nitrogens with one attached hydrogen (secondary N) is 1. The maximum atomic E-state index is 11.5. The normalized spacial score (nSPS) is 11.7. The molecular formula is C10H16BrNO4S. The van der Waals surface area contributed by atoms with Crippen molar-refractivity contribution in [1.29, 1.82) is 0 Å². The number of amides is 1. The van der Waals surface area contributed by atoms with E-state index < -0.39 is 12.0 Å². The Labute approximate surface area is 113 Å². The zero-order valence-electron chi connectivity index (χ0n) is 9.82. The second kappa shape index (κ2) is 9.47. The summed E-state index contributed by atoms with van der Waals surface area (Å²) < 4.78 is 4.81. The fourth-order valence-electron chi connectivity index (χ4n) is 0.982. The number of hydrogen-bond acceptors (Lipinski definition) is 5. The zero-order chi connectivity index (χ0) is 13.3. The molecule has 1 atom stereocenters. The molecule has 0 bridgehead atoms. The summed E-state index contributed by atoms with van der Waals surface area (Å²) in [5.74, 6) is -0.636. The van der Waals surface area contributed by atoms with Crippen LogP contribution in [0, 0.1) is 0 Å². The van der Waals surface area contributed by atoms with Gasteiger partial charge in [0.25, 0.3) is 0 Å². The Morgan fingerprint density at radius 1 is 1.41 bits per heavy atom. The fourth-order valence-corrected chi connectivity index (χ4v) is 2.42. The van der Waals surface area contributed by atoms with E-state index in [0.717, 1.165) is 11.8 Å². The summed E-state index contributed by atoms with van der Waals surface area (Å²) >= 11 is 4.18. The molecule has 1 unspecified atom stereocenters. The molecule has 0 aliphatic carbocycles. The Bertz CT molecular complexity index is 285. The predicted molar refractivity (Wildman–Crippen MR) is 70.1 cm³/mol. The number of halogens is 1. The molecule has 0 fully saturated rings. The summed E-state index contributed by atoms with van der Waals surface area (Å²) in [6, 6.07) is -0.767. The molecule has 0 saturated heterocycles. The minimum absolute atomic E-state index is 0.0264. The molecule has 17 heavy (non-hydrogen) atoms. The van der Waals surface area contributed by atoms with Gasteiger partial charge >= 0.3 is 5.97 Å². The van der Waals surface area contributed by atoms with Gasteiger partial charge in [-0.1, -0.05) is 27.7 Å². The van der Waals surface area contributed by atoms with Crippen molar-refractivity contribution in [3.63, 3.8) is 0 Å². The summed E-state index contributed by atoms with van der Waals surface area (Å²) in [6.45, 7) is 3.25. The largest absolute Gasteiger partial charge is 0.464 e. The quantitative estimate of drug-likeness (QED) is 0.560. The number of alkyl halides is 1. The van der Waals surface area contributed by atoms with Gasteiger partial charge in [-0.3, -0.25) is 9.59 Å². The molecule has 0 heterocycles. The first-order valence-corrected chi connectivity index (χ1v) is 7.27. The van der Waals surface area contributed by atoms with Crippen molar-refractivity contribution < 1.29 is 19.1 Å². The highest BCUT2D eigenvalue weighted by molar-refractivity contribution is 9.09. The van der Waals surface area contributed by atoms with E-state index in [-0.39, 0.29) is 23.4 Å². The van der Waals surface area contributed by atoms with Crippen molar-refractivity contribution in [2.24, 2.45) is 0 Å². The smallest absolute Gasteiger partial charge is 0.329 e. The van der Waals surface area contributed by atoms with Gasteiger partial charge in [0, 0.05) is 24.4 Å². The average molecular weight is 326 g/mol. The number of esters is 1. The molecule has 0 aromatic carbocycles. The highest BCUT2D eigenvalue weighted by atomic mass is 79.9. The standard InChI is InChI=1S/C10H16BrNO4S/c1-3-16-10(15)8(12-7(2)13)6-17-9(14)4-5-11/h8H,3-6H2,1-2H3,(H,12,13). The van der Waals surface area contributed by atoms with Crippen LogP contribution in [0.4, 0.5) is 0 Å². The van der Waals surface area contributed by atoms with Crippen molar-refractivity contribution >= 4 is 44.7 Å². The third kappa shape index (κ3) is 8.20. The lowest BCUT2D eigenvalue weighted by Crippen LogP contribution is -2.42. The van der Waals surface area contributed by atoms with E-state index >= 15 is 0 Å². The number of thioether (sulfide) groups is 1. The molecule has 0 radical (unpaired) electrons. The number of hydrogen-bond donors (Lipinski definition) is 1. The molecule has 0 spiro atoms. The van der Waals surface area contributed by atoms with E-state index in [2.05, 4.69) is 21.2 Å². The maximum Gasteiger partial charge on any atom is 0.329 e. The molecule has 0 aromatic rings. The predicted octanol–water partition coefficient (Wildman–Crippen LogP) is 1.10.